The minimum atomic E-state index is -0.611. The fraction of sp³-hybridized carbons (Fsp3) is 0.125. The number of fused-ring (bicyclic) bond motifs is 1. The molecule has 1 atom stereocenters. The van der Waals surface area contributed by atoms with Crippen molar-refractivity contribution in [2.24, 2.45) is 0 Å². The average molecular weight is 362 g/mol. The third kappa shape index (κ3) is 3.38. The van der Waals surface area contributed by atoms with Gasteiger partial charge in [-0.1, -0.05) is 11.6 Å². The molecule has 9 heteroatoms. The monoisotopic (exact) mass is 361 g/mol. The van der Waals surface area contributed by atoms with Gasteiger partial charge in [-0.05, 0) is 31.2 Å². The van der Waals surface area contributed by atoms with Crippen LogP contribution in [0.4, 0.5) is 17.1 Å². The third-order valence-electron chi connectivity index (χ3n) is 3.57. The van der Waals surface area contributed by atoms with Gasteiger partial charge in [0.1, 0.15) is 5.75 Å². The summed E-state index contributed by atoms with van der Waals surface area (Å²) in [4.78, 5) is 34.2. The van der Waals surface area contributed by atoms with Crippen molar-refractivity contribution >= 4 is 40.5 Å². The number of nitro benzene ring substituents is 1. The average Bonchev–Trinajstić information content (AvgIpc) is 2.56. The van der Waals surface area contributed by atoms with E-state index in [2.05, 4.69) is 10.6 Å². The number of carbonyl (C=O) groups is 2. The van der Waals surface area contributed by atoms with Gasteiger partial charge in [-0.25, -0.2) is 0 Å². The van der Waals surface area contributed by atoms with E-state index in [-0.39, 0.29) is 22.2 Å². The molecular weight excluding hydrogens is 350 g/mol. The molecule has 2 amide bonds. The molecule has 1 aliphatic rings. The summed E-state index contributed by atoms with van der Waals surface area (Å²) in [5.41, 5.74) is 0.535. The highest BCUT2D eigenvalue weighted by Crippen LogP contribution is 2.32. The van der Waals surface area contributed by atoms with Crippen molar-refractivity contribution in [3.05, 3.63) is 57.1 Å². The number of nitrogens with zero attached hydrogens (tertiary/aromatic N) is 1. The van der Waals surface area contributed by atoms with Crippen LogP contribution in [-0.4, -0.2) is 22.8 Å². The Balaban J connectivity index is 1.85. The van der Waals surface area contributed by atoms with Gasteiger partial charge >= 0.3 is 0 Å². The molecule has 0 bridgehead atoms. The fourth-order valence-corrected chi connectivity index (χ4v) is 2.49. The van der Waals surface area contributed by atoms with Gasteiger partial charge < -0.3 is 15.4 Å². The number of non-ortho nitro benzene ring substituents is 1. The Morgan fingerprint density at radius 1 is 1.32 bits per heavy atom. The Hall–Kier alpha value is -3.13. The van der Waals surface area contributed by atoms with E-state index in [4.69, 9.17) is 16.3 Å². The Bertz CT molecular complexity index is 899. The van der Waals surface area contributed by atoms with Crippen molar-refractivity contribution in [1.29, 1.82) is 0 Å². The first-order valence-electron chi connectivity index (χ1n) is 7.22. The smallest absolute Gasteiger partial charge is 0.270 e. The summed E-state index contributed by atoms with van der Waals surface area (Å²) in [5, 5.41) is 16.2. The van der Waals surface area contributed by atoms with Crippen LogP contribution in [0, 0.1) is 10.1 Å². The fourth-order valence-electron chi connectivity index (χ4n) is 2.29. The van der Waals surface area contributed by atoms with E-state index in [1.54, 1.807) is 19.1 Å². The summed E-state index contributed by atoms with van der Waals surface area (Å²) in [6, 6.07) is 8.33. The van der Waals surface area contributed by atoms with Crippen LogP contribution >= 0.6 is 11.6 Å². The Morgan fingerprint density at radius 3 is 2.80 bits per heavy atom. The molecule has 2 aromatic rings. The highest BCUT2D eigenvalue weighted by Gasteiger charge is 2.24. The number of rotatable bonds is 3. The first kappa shape index (κ1) is 16.7. The van der Waals surface area contributed by atoms with Gasteiger partial charge in [0.2, 0.25) is 0 Å². The van der Waals surface area contributed by atoms with Gasteiger partial charge in [0.15, 0.2) is 6.10 Å². The first-order chi connectivity index (χ1) is 11.8. The maximum atomic E-state index is 12.4. The number of hydrogen-bond donors (Lipinski definition) is 2. The number of halogens is 1. The van der Waals surface area contributed by atoms with Gasteiger partial charge in [-0.3, -0.25) is 19.7 Å². The molecular formula is C16H12ClN3O5. The molecule has 0 fully saturated rings. The van der Waals surface area contributed by atoms with Crippen LogP contribution in [0.5, 0.6) is 5.75 Å². The van der Waals surface area contributed by atoms with E-state index in [1.807, 2.05) is 0 Å². The van der Waals surface area contributed by atoms with Gasteiger partial charge in [-0.2, -0.15) is 0 Å². The van der Waals surface area contributed by atoms with Gasteiger partial charge in [0.25, 0.3) is 17.5 Å². The van der Waals surface area contributed by atoms with E-state index < -0.39 is 16.9 Å². The number of carbonyl (C=O) groups excluding carboxylic acids is 2. The number of nitro groups is 1. The third-order valence-corrected chi connectivity index (χ3v) is 3.90. The highest BCUT2D eigenvalue weighted by molar-refractivity contribution is 6.34. The molecule has 0 saturated heterocycles. The lowest BCUT2D eigenvalue weighted by molar-refractivity contribution is -0.384. The molecule has 0 radical (unpaired) electrons. The van der Waals surface area contributed by atoms with Crippen LogP contribution in [0.25, 0.3) is 0 Å². The molecule has 25 heavy (non-hydrogen) atoms. The summed E-state index contributed by atoms with van der Waals surface area (Å²) in [7, 11) is 0. The van der Waals surface area contributed by atoms with Crippen LogP contribution in [0.15, 0.2) is 36.4 Å². The maximum Gasteiger partial charge on any atom is 0.270 e. The molecule has 3 rings (SSSR count). The summed E-state index contributed by atoms with van der Waals surface area (Å²) >= 11 is 5.95. The summed E-state index contributed by atoms with van der Waals surface area (Å²) in [5.74, 6) is -0.416. The number of hydrogen-bond acceptors (Lipinski definition) is 5. The lowest BCUT2D eigenvalue weighted by Crippen LogP contribution is -2.34. The second-order valence-corrected chi connectivity index (χ2v) is 5.74. The number of anilines is 2. The second kappa shape index (κ2) is 6.40. The molecule has 0 aliphatic carbocycles. The van der Waals surface area contributed by atoms with Crippen molar-refractivity contribution in [1.82, 2.24) is 0 Å². The Kier molecular flexibility index (Phi) is 4.28. The van der Waals surface area contributed by atoms with Crippen molar-refractivity contribution in [2.75, 3.05) is 10.6 Å². The molecule has 1 aliphatic heterocycles. The van der Waals surface area contributed by atoms with E-state index in [9.17, 15) is 19.7 Å². The summed E-state index contributed by atoms with van der Waals surface area (Å²) in [6.07, 6.45) is -0.600. The zero-order valence-electron chi connectivity index (χ0n) is 12.9. The van der Waals surface area contributed by atoms with Crippen molar-refractivity contribution in [3.63, 3.8) is 0 Å². The van der Waals surface area contributed by atoms with Gasteiger partial charge in [0, 0.05) is 17.8 Å². The molecule has 2 N–H and O–H groups in total. The molecule has 0 unspecified atom stereocenters. The van der Waals surface area contributed by atoms with Crippen LogP contribution < -0.4 is 15.4 Å². The normalized spacial score (nSPS) is 15.6. The van der Waals surface area contributed by atoms with Crippen molar-refractivity contribution < 1.29 is 19.2 Å². The molecule has 1 heterocycles. The Labute approximate surface area is 146 Å². The van der Waals surface area contributed by atoms with Crippen LogP contribution in [0.1, 0.15) is 17.3 Å². The number of amides is 2. The standard InChI is InChI=1S/C16H12ClN3O5/c1-8-15(21)19-13-6-9(2-5-14(13)25-8)18-16(22)11-7-10(20(23)24)3-4-12(11)17/h2-8H,1H3,(H,18,22)(H,19,21)/t8-/m0/s1. The van der Waals surface area contributed by atoms with Crippen LogP contribution in [-0.2, 0) is 4.79 Å². The topological polar surface area (TPSA) is 111 Å². The molecule has 8 nitrogen and oxygen atoms in total. The molecule has 0 aromatic heterocycles. The van der Waals surface area contributed by atoms with E-state index >= 15 is 0 Å². The molecule has 0 spiro atoms. The zero-order chi connectivity index (χ0) is 18.1. The maximum absolute atomic E-state index is 12.4. The summed E-state index contributed by atoms with van der Waals surface area (Å²) < 4.78 is 5.43. The highest BCUT2D eigenvalue weighted by atomic mass is 35.5. The number of benzene rings is 2. The van der Waals surface area contributed by atoms with Gasteiger partial charge in [-0.15, -0.1) is 0 Å². The minimum Gasteiger partial charge on any atom is -0.479 e. The lowest BCUT2D eigenvalue weighted by Gasteiger charge is -2.23. The summed E-state index contributed by atoms with van der Waals surface area (Å²) in [6.45, 7) is 1.62. The number of nitrogens with one attached hydrogen (secondary N) is 2. The van der Waals surface area contributed by atoms with Crippen LogP contribution in [0.2, 0.25) is 5.02 Å². The SMILES string of the molecule is C[C@@H]1Oc2ccc(NC(=O)c3cc([N+](=O)[O-])ccc3Cl)cc2NC1=O. The Morgan fingerprint density at radius 2 is 2.08 bits per heavy atom. The van der Waals surface area contributed by atoms with E-state index in [1.165, 1.54) is 18.2 Å². The van der Waals surface area contributed by atoms with E-state index in [0.29, 0.717) is 17.1 Å². The minimum absolute atomic E-state index is 0.0255. The molecule has 0 saturated carbocycles. The predicted octanol–water partition coefficient (Wildman–Crippen LogP) is 3.22. The first-order valence-corrected chi connectivity index (χ1v) is 7.60. The van der Waals surface area contributed by atoms with Gasteiger partial charge in [0.05, 0.1) is 21.2 Å². The molecule has 128 valence electrons. The quantitative estimate of drug-likeness (QED) is 0.644. The van der Waals surface area contributed by atoms with Crippen molar-refractivity contribution in [3.8, 4) is 5.75 Å². The van der Waals surface area contributed by atoms with Crippen molar-refractivity contribution in [2.45, 2.75) is 13.0 Å². The molecule has 2 aromatic carbocycles. The second-order valence-electron chi connectivity index (χ2n) is 5.34. The zero-order valence-corrected chi connectivity index (χ0v) is 13.7. The predicted molar refractivity (Wildman–Crippen MR) is 91.2 cm³/mol. The van der Waals surface area contributed by atoms with E-state index in [0.717, 1.165) is 6.07 Å². The number of ether oxygens (including phenoxy) is 1. The lowest BCUT2D eigenvalue weighted by atomic mass is 10.1. The van der Waals surface area contributed by atoms with Crippen LogP contribution in [0.3, 0.4) is 0 Å². The largest absolute Gasteiger partial charge is 0.479 e.